The largest absolute Gasteiger partial charge is 0.369 e. The van der Waals surface area contributed by atoms with Crippen molar-refractivity contribution in [1.82, 2.24) is 15.5 Å². The Morgan fingerprint density at radius 2 is 1.96 bits per heavy atom. The Balaban J connectivity index is 1.32. The van der Waals surface area contributed by atoms with Gasteiger partial charge in [0.25, 0.3) is 0 Å². The fourth-order valence-electron chi connectivity index (χ4n) is 3.45. The van der Waals surface area contributed by atoms with Gasteiger partial charge in [0.1, 0.15) is 5.82 Å². The zero-order chi connectivity index (χ0) is 18.2. The highest BCUT2D eigenvalue weighted by Crippen LogP contribution is 2.25. The van der Waals surface area contributed by atoms with Crippen LogP contribution in [0.5, 0.6) is 0 Å². The third-order valence-electron chi connectivity index (χ3n) is 5.03. The molecule has 0 aromatic heterocycles. The average molecular weight is 380 g/mol. The van der Waals surface area contributed by atoms with Crippen LogP contribution in [0.4, 0.5) is 10.1 Å². The van der Waals surface area contributed by atoms with Crippen molar-refractivity contribution < 1.29 is 4.39 Å². The molecule has 5 nitrogen and oxygen atoms in total. The van der Waals surface area contributed by atoms with Crippen LogP contribution in [0.25, 0.3) is 0 Å². The number of guanidine groups is 1. The van der Waals surface area contributed by atoms with Crippen LogP contribution in [0.15, 0.2) is 29.3 Å². The lowest BCUT2D eigenvalue weighted by molar-refractivity contribution is 0.261. The minimum Gasteiger partial charge on any atom is -0.369 e. The van der Waals surface area contributed by atoms with Crippen LogP contribution in [-0.2, 0) is 0 Å². The number of hydrogen-bond acceptors (Lipinski definition) is 4. The van der Waals surface area contributed by atoms with Gasteiger partial charge in [-0.25, -0.2) is 4.39 Å². The van der Waals surface area contributed by atoms with Crippen molar-refractivity contribution in [2.24, 2.45) is 4.99 Å². The number of rotatable bonds is 6. The van der Waals surface area contributed by atoms with Gasteiger partial charge in [-0.05, 0) is 42.9 Å². The van der Waals surface area contributed by atoms with Gasteiger partial charge in [0.15, 0.2) is 5.96 Å². The molecule has 2 N–H and O–H groups in total. The molecule has 26 heavy (non-hydrogen) atoms. The molecule has 144 valence electrons. The van der Waals surface area contributed by atoms with Crippen LogP contribution < -0.4 is 15.5 Å². The Kier molecular flexibility index (Phi) is 7.43. The van der Waals surface area contributed by atoms with Gasteiger partial charge in [-0.3, -0.25) is 9.89 Å². The Labute approximate surface area is 160 Å². The molecule has 2 aliphatic heterocycles. The first-order valence-corrected chi connectivity index (χ1v) is 10.6. The fraction of sp³-hybridized carbons (Fsp3) is 0.632. The smallest absolute Gasteiger partial charge is 0.191 e. The standard InChI is InChI=1S/C19H30FN5S/c1-21-19(23-15-18-3-2-14-26-18)22-8-9-24-10-12-25(13-11-24)17-6-4-16(20)5-7-17/h4-7,18H,2-3,8-15H2,1H3,(H2,21,22,23). The summed E-state index contributed by atoms with van der Waals surface area (Å²) < 4.78 is 13.0. The summed E-state index contributed by atoms with van der Waals surface area (Å²) in [5.41, 5.74) is 1.11. The van der Waals surface area contributed by atoms with Gasteiger partial charge >= 0.3 is 0 Å². The van der Waals surface area contributed by atoms with E-state index in [0.29, 0.717) is 0 Å². The highest BCUT2D eigenvalue weighted by molar-refractivity contribution is 8.00. The molecule has 1 atom stereocenters. The number of hydrogen-bond donors (Lipinski definition) is 2. The number of nitrogens with one attached hydrogen (secondary N) is 2. The predicted octanol–water partition coefficient (Wildman–Crippen LogP) is 2.01. The van der Waals surface area contributed by atoms with Crippen molar-refractivity contribution in [3.05, 3.63) is 30.1 Å². The highest BCUT2D eigenvalue weighted by atomic mass is 32.2. The molecule has 0 amide bonds. The lowest BCUT2D eigenvalue weighted by Crippen LogP contribution is -2.49. The molecule has 0 aliphatic carbocycles. The summed E-state index contributed by atoms with van der Waals surface area (Å²) in [6, 6.07) is 6.80. The number of benzene rings is 1. The molecule has 2 heterocycles. The molecule has 0 radical (unpaired) electrons. The average Bonchev–Trinajstić information content (AvgIpc) is 3.19. The third kappa shape index (κ3) is 5.77. The van der Waals surface area contributed by atoms with E-state index in [4.69, 9.17) is 0 Å². The maximum absolute atomic E-state index is 13.0. The van der Waals surface area contributed by atoms with E-state index in [2.05, 4.69) is 37.2 Å². The molecule has 7 heteroatoms. The topological polar surface area (TPSA) is 42.9 Å². The lowest BCUT2D eigenvalue weighted by Gasteiger charge is -2.36. The highest BCUT2D eigenvalue weighted by Gasteiger charge is 2.18. The summed E-state index contributed by atoms with van der Waals surface area (Å²) in [6.07, 6.45) is 2.65. The van der Waals surface area contributed by atoms with Crippen molar-refractivity contribution in [1.29, 1.82) is 0 Å². The SMILES string of the molecule is CN=C(NCCN1CCN(c2ccc(F)cc2)CC1)NCC1CCCS1. The molecule has 2 fully saturated rings. The molecule has 1 unspecified atom stereocenters. The van der Waals surface area contributed by atoms with Gasteiger partial charge < -0.3 is 15.5 Å². The van der Waals surface area contributed by atoms with E-state index in [1.54, 1.807) is 0 Å². The van der Waals surface area contributed by atoms with E-state index in [9.17, 15) is 4.39 Å². The first kappa shape index (κ1) is 19.3. The third-order valence-corrected chi connectivity index (χ3v) is 6.43. The molecule has 2 aliphatic rings. The second-order valence-electron chi connectivity index (χ2n) is 6.82. The molecule has 0 bridgehead atoms. The van der Waals surface area contributed by atoms with E-state index >= 15 is 0 Å². The number of piperazine rings is 1. The lowest BCUT2D eigenvalue weighted by atomic mass is 10.2. The zero-order valence-corrected chi connectivity index (χ0v) is 16.4. The van der Waals surface area contributed by atoms with Crippen LogP contribution in [0, 0.1) is 5.82 Å². The van der Waals surface area contributed by atoms with Gasteiger partial charge in [0, 0.05) is 63.8 Å². The van der Waals surface area contributed by atoms with Gasteiger partial charge in [-0.1, -0.05) is 0 Å². The van der Waals surface area contributed by atoms with Crippen LogP contribution in [-0.4, -0.2) is 74.7 Å². The van der Waals surface area contributed by atoms with Gasteiger partial charge in [-0.15, -0.1) is 0 Å². The molecule has 1 aromatic rings. The maximum atomic E-state index is 13.0. The van der Waals surface area contributed by atoms with E-state index in [-0.39, 0.29) is 5.82 Å². The second kappa shape index (κ2) is 10.0. The first-order valence-electron chi connectivity index (χ1n) is 9.53. The van der Waals surface area contributed by atoms with Gasteiger partial charge in [-0.2, -0.15) is 11.8 Å². The number of anilines is 1. The molecule has 0 spiro atoms. The van der Waals surface area contributed by atoms with Crippen LogP contribution in [0.1, 0.15) is 12.8 Å². The molecule has 2 saturated heterocycles. The minimum atomic E-state index is -0.174. The summed E-state index contributed by atoms with van der Waals surface area (Å²) >= 11 is 2.06. The minimum absolute atomic E-state index is 0.174. The molecule has 3 rings (SSSR count). The Morgan fingerprint density at radius 1 is 1.19 bits per heavy atom. The molecule has 0 saturated carbocycles. The van der Waals surface area contributed by atoms with Crippen molar-refractivity contribution in [3.63, 3.8) is 0 Å². The van der Waals surface area contributed by atoms with Crippen LogP contribution in [0.3, 0.4) is 0 Å². The fourth-order valence-corrected chi connectivity index (χ4v) is 4.65. The van der Waals surface area contributed by atoms with Crippen molar-refractivity contribution in [3.8, 4) is 0 Å². The van der Waals surface area contributed by atoms with E-state index in [1.807, 2.05) is 19.2 Å². The summed E-state index contributed by atoms with van der Waals surface area (Å²) in [5, 5.41) is 7.60. The normalized spacial score (nSPS) is 21.8. The quantitative estimate of drug-likeness (QED) is 0.585. The summed E-state index contributed by atoms with van der Waals surface area (Å²) in [6.45, 7) is 6.94. The zero-order valence-electron chi connectivity index (χ0n) is 15.6. The second-order valence-corrected chi connectivity index (χ2v) is 8.23. The van der Waals surface area contributed by atoms with Crippen LogP contribution >= 0.6 is 11.8 Å². The predicted molar refractivity (Wildman–Crippen MR) is 110 cm³/mol. The summed E-state index contributed by atoms with van der Waals surface area (Å²) in [7, 11) is 1.83. The number of nitrogens with zero attached hydrogens (tertiary/aromatic N) is 3. The van der Waals surface area contributed by atoms with Crippen molar-refractivity contribution >= 4 is 23.4 Å². The number of thioether (sulfide) groups is 1. The maximum Gasteiger partial charge on any atom is 0.191 e. The molecule has 1 aromatic carbocycles. The Hall–Kier alpha value is -1.47. The first-order chi connectivity index (χ1) is 12.7. The number of aliphatic imine (C=N–C) groups is 1. The van der Waals surface area contributed by atoms with Crippen molar-refractivity contribution in [2.75, 3.05) is 63.5 Å². The summed E-state index contributed by atoms with van der Waals surface area (Å²) in [5.74, 6) is 2.02. The van der Waals surface area contributed by atoms with Gasteiger partial charge in [0.2, 0.25) is 0 Å². The Morgan fingerprint density at radius 3 is 2.62 bits per heavy atom. The molecular formula is C19H30FN5S. The Bertz CT molecular complexity index is 566. The van der Waals surface area contributed by atoms with E-state index in [0.717, 1.165) is 62.7 Å². The van der Waals surface area contributed by atoms with Crippen LogP contribution in [0.2, 0.25) is 0 Å². The molecular weight excluding hydrogens is 349 g/mol. The number of halogens is 1. The van der Waals surface area contributed by atoms with E-state index < -0.39 is 0 Å². The van der Waals surface area contributed by atoms with E-state index in [1.165, 1.54) is 30.7 Å². The van der Waals surface area contributed by atoms with Crippen molar-refractivity contribution in [2.45, 2.75) is 18.1 Å². The monoisotopic (exact) mass is 379 g/mol. The van der Waals surface area contributed by atoms with Gasteiger partial charge in [0.05, 0.1) is 0 Å². The summed E-state index contributed by atoms with van der Waals surface area (Å²) in [4.78, 5) is 9.11.